The van der Waals surface area contributed by atoms with E-state index in [1.165, 1.54) is 0 Å². The largest absolute Gasteiger partial charge is 0.497 e. The summed E-state index contributed by atoms with van der Waals surface area (Å²) in [4.78, 5) is 0. The Kier molecular flexibility index (Phi) is 3.33. The third-order valence-electron chi connectivity index (χ3n) is 3.45. The lowest BCUT2D eigenvalue weighted by atomic mass is 10.1. The second-order valence-electron chi connectivity index (χ2n) is 4.78. The van der Waals surface area contributed by atoms with E-state index in [-0.39, 0.29) is 6.04 Å². The quantitative estimate of drug-likeness (QED) is 0.749. The number of methoxy groups -OCH3 is 1. The number of rotatable bonds is 4. The molecule has 0 bridgehead atoms. The second-order valence-corrected chi connectivity index (χ2v) is 4.78. The van der Waals surface area contributed by atoms with E-state index in [1.54, 1.807) is 7.11 Å². The molecule has 3 nitrogen and oxygen atoms in total. The van der Waals surface area contributed by atoms with Gasteiger partial charge in [-0.1, -0.05) is 18.2 Å². The molecule has 1 aromatic heterocycles. The van der Waals surface area contributed by atoms with Gasteiger partial charge in [-0.05, 0) is 37.3 Å². The van der Waals surface area contributed by atoms with Crippen molar-refractivity contribution in [2.24, 2.45) is 0 Å². The van der Waals surface area contributed by atoms with Crippen molar-refractivity contribution < 1.29 is 9.15 Å². The lowest BCUT2D eigenvalue weighted by Gasteiger charge is -2.14. The Balaban J connectivity index is 1.83. The number of nitrogens with one attached hydrogen (secondary N) is 1. The lowest BCUT2D eigenvalue weighted by molar-refractivity contribution is 0.415. The molecular formula is C17H17NO2. The van der Waals surface area contributed by atoms with Crippen molar-refractivity contribution in [3.8, 4) is 5.75 Å². The van der Waals surface area contributed by atoms with E-state index in [2.05, 4.69) is 18.3 Å². The average molecular weight is 267 g/mol. The van der Waals surface area contributed by atoms with E-state index in [9.17, 15) is 0 Å². The van der Waals surface area contributed by atoms with Gasteiger partial charge in [0, 0.05) is 16.6 Å². The zero-order chi connectivity index (χ0) is 13.9. The molecule has 0 unspecified atom stereocenters. The van der Waals surface area contributed by atoms with Gasteiger partial charge in [0.1, 0.15) is 11.3 Å². The highest BCUT2D eigenvalue weighted by Crippen LogP contribution is 2.28. The Bertz CT molecular complexity index is 700. The van der Waals surface area contributed by atoms with Crippen LogP contribution in [0.2, 0.25) is 0 Å². The predicted octanol–water partition coefficient (Wildman–Crippen LogP) is 4.61. The van der Waals surface area contributed by atoms with Crippen LogP contribution in [0.25, 0.3) is 11.0 Å². The molecule has 0 spiro atoms. The summed E-state index contributed by atoms with van der Waals surface area (Å²) in [6.07, 6.45) is 1.83. The van der Waals surface area contributed by atoms with E-state index in [1.807, 2.05) is 48.7 Å². The van der Waals surface area contributed by atoms with Crippen molar-refractivity contribution in [3.63, 3.8) is 0 Å². The SMILES string of the molecule is COc1ccc(N[C@@H](C)c2coc3ccccc23)cc1. The van der Waals surface area contributed by atoms with Crippen LogP contribution < -0.4 is 10.1 Å². The van der Waals surface area contributed by atoms with Gasteiger partial charge < -0.3 is 14.5 Å². The summed E-state index contributed by atoms with van der Waals surface area (Å²) in [5.41, 5.74) is 3.14. The molecule has 3 rings (SSSR count). The van der Waals surface area contributed by atoms with Crippen LogP contribution in [-0.2, 0) is 0 Å². The number of anilines is 1. The smallest absolute Gasteiger partial charge is 0.134 e. The maximum Gasteiger partial charge on any atom is 0.134 e. The Hall–Kier alpha value is -2.42. The molecule has 1 atom stereocenters. The highest BCUT2D eigenvalue weighted by atomic mass is 16.5. The minimum atomic E-state index is 0.173. The van der Waals surface area contributed by atoms with Crippen LogP contribution in [0.3, 0.4) is 0 Å². The number of hydrogen-bond acceptors (Lipinski definition) is 3. The van der Waals surface area contributed by atoms with Gasteiger partial charge in [0.25, 0.3) is 0 Å². The van der Waals surface area contributed by atoms with Crippen LogP contribution in [0.4, 0.5) is 5.69 Å². The third-order valence-corrected chi connectivity index (χ3v) is 3.45. The van der Waals surface area contributed by atoms with E-state index < -0.39 is 0 Å². The first kappa shape index (κ1) is 12.6. The molecule has 0 fully saturated rings. The van der Waals surface area contributed by atoms with Gasteiger partial charge in [0.2, 0.25) is 0 Å². The number of ether oxygens (including phenoxy) is 1. The molecule has 102 valence electrons. The van der Waals surface area contributed by atoms with Crippen molar-refractivity contribution in [1.82, 2.24) is 0 Å². The molecule has 1 heterocycles. The first-order valence-electron chi connectivity index (χ1n) is 6.64. The summed E-state index contributed by atoms with van der Waals surface area (Å²) in [7, 11) is 1.67. The molecule has 3 heteroatoms. The molecule has 3 aromatic rings. The van der Waals surface area contributed by atoms with E-state index in [0.717, 1.165) is 28.0 Å². The van der Waals surface area contributed by atoms with Gasteiger partial charge in [-0.25, -0.2) is 0 Å². The molecule has 0 aliphatic carbocycles. The van der Waals surface area contributed by atoms with E-state index in [0.29, 0.717) is 0 Å². The fraction of sp³-hybridized carbons (Fsp3) is 0.176. The molecule has 0 radical (unpaired) electrons. The van der Waals surface area contributed by atoms with Crippen molar-refractivity contribution in [2.45, 2.75) is 13.0 Å². The highest BCUT2D eigenvalue weighted by Gasteiger charge is 2.12. The van der Waals surface area contributed by atoms with Gasteiger partial charge in [0.15, 0.2) is 0 Å². The van der Waals surface area contributed by atoms with Crippen LogP contribution in [0.5, 0.6) is 5.75 Å². The maximum atomic E-state index is 5.58. The zero-order valence-electron chi connectivity index (χ0n) is 11.6. The van der Waals surface area contributed by atoms with Crippen molar-refractivity contribution in [3.05, 3.63) is 60.4 Å². The molecule has 1 N–H and O–H groups in total. The minimum absolute atomic E-state index is 0.173. The van der Waals surface area contributed by atoms with Crippen LogP contribution in [0.15, 0.2) is 59.2 Å². The minimum Gasteiger partial charge on any atom is -0.497 e. The number of benzene rings is 2. The molecule has 20 heavy (non-hydrogen) atoms. The van der Waals surface area contributed by atoms with Crippen molar-refractivity contribution in [1.29, 1.82) is 0 Å². The predicted molar refractivity (Wildman–Crippen MR) is 81.2 cm³/mol. The monoisotopic (exact) mass is 267 g/mol. The first-order chi connectivity index (χ1) is 9.78. The van der Waals surface area contributed by atoms with Gasteiger partial charge in [0.05, 0.1) is 19.4 Å². The summed E-state index contributed by atoms with van der Waals surface area (Å²) in [6.45, 7) is 2.13. The van der Waals surface area contributed by atoms with Gasteiger partial charge in [-0.3, -0.25) is 0 Å². The lowest BCUT2D eigenvalue weighted by Crippen LogP contribution is -2.05. The number of para-hydroxylation sites is 1. The molecule has 2 aromatic carbocycles. The summed E-state index contributed by atoms with van der Waals surface area (Å²) in [6, 6.07) is 16.2. The molecular weight excluding hydrogens is 250 g/mol. The molecule has 0 aliphatic rings. The number of hydrogen-bond donors (Lipinski definition) is 1. The van der Waals surface area contributed by atoms with Crippen LogP contribution in [-0.4, -0.2) is 7.11 Å². The Morgan fingerprint density at radius 2 is 1.80 bits per heavy atom. The standard InChI is InChI=1S/C17H17NO2/c1-12(18-13-7-9-14(19-2)10-8-13)16-11-20-17-6-4-3-5-15(16)17/h3-12,18H,1-2H3/t12-/m0/s1. The van der Waals surface area contributed by atoms with Crippen molar-refractivity contribution >= 4 is 16.7 Å². The Morgan fingerprint density at radius 3 is 2.55 bits per heavy atom. The fourth-order valence-corrected chi connectivity index (χ4v) is 2.35. The van der Waals surface area contributed by atoms with Gasteiger partial charge >= 0.3 is 0 Å². The average Bonchev–Trinajstić information content (AvgIpc) is 2.92. The molecule has 0 amide bonds. The summed E-state index contributed by atoms with van der Waals surface area (Å²) in [5.74, 6) is 0.858. The number of furan rings is 1. The van der Waals surface area contributed by atoms with Gasteiger partial charge in [-0.15, -0.1) is 0 Å². The van der Waals surface area contributed by atoms with E-state index >= 15 is 0 Å². The Morgan fingerprint density at radius 1 is 1.05 bits per heavy atom. The second kappa shape index (κ2) is 5.29. The topological polar surface area (TPSA) is 34.4 Å². The van der Waals surface area contributed by atoms with Crippen LogP contribution in [0, 0.1) is 0 Å². The van der Waals surface area contributed by atoms with E-state index in [4.69, 9.17) is 9.15 Å². The molecule has 0 saturated carbocycles. The van der Waals surface area contributed by atoms with Crippen LogP contribution >= 0.6 is 0 Å². The molecule has 0 aliphatic heterocycles. The highest BCUT2D eigenvalue weighted by molar-refractivity contribution is 5.81. The summed E-state index contributed by atoms with van der Waals surface area (Å²) in [5, 5.41) is 4.63. The maximum absolute atomic E-state index is 5.58. The fourth-order valence-electron chi connectivity index (χ4n) is 2.35. The normalized spacial score (nSPS) is 12.3. The summed E-state index contributed by atoms with van der Waals surface area (Å²) >= 11 is 0. The van der Waals surface area contributed by atoms with Gasteiger partial charge in [-0.2, -0.15) is 0 Å². The first-order valence-corrected chi connectivity index (χ1v) is 6.64. The number of fused-ring (bicyclic) bond motifs is 1. The van der Waals surface area contributed by atoms with Crippen molar-refractivity contribution in [2.75, 3.05) is 12.4 Å². The summed E-state index contributed by atoms with van der Waals surface area (Å²) < 4.78 is 10.7. The van der Waals surface area contributed by atoms with Crippen LogP contribution in [0.1, 0.15) is 18.5 Å². The Labute approximate surface area is 118 Å². The zero-order valence-corrected chi connectivity index (χ0v) is 11.6. The molecule has 0 saturated heterocycles. The third kappa shape index (κ3) is 2.35.